The van der Waals surface area contributed by atoms with Gasteiger partial charge in [0.05, 0.1) is 0 Å². The molecule has 0 bridgehead atoms. The summed E-state index contributed by atoms with van der Waals surface area (Å²) < 4.78 is 0. The predicted molar refractivity (Wildman–Crippen MR) is 41.6 cm³/mol. The smallest absolute Gasteiger partial charge is 0.665 e. The van der Waals surface area contributed by atoms with Gasteiger partial charge < -0.3 is 49.5 Å². The summed E-state index contributed by atoms with van der Waals surface area (Å²) in [5, 5.41) is 33.8. The van der Waals surface area contributed by atoms with Gasteiger partial charge in [0.2, 0.25) is 0 Å². The van der Waals surface area contributed by atoms with Gasteiger partial charge in [0, 0.05) is 0 Å². The summed E-state index contributed by atoms with van der Waals surface area (Å²) in [5.41, 5.74) is 0. The van der Waals surface area contributed by atoms with E-state index in [0.29, 0.717) is 32.4 Å². The van der Waals surface area contributed by atoms with Gasteiger partial charge in [-0.25, -0.2) is 0 Å². The molecule has 0 rings (SSSR count). The second-order valence-electron chi connectivity index (χ2n) is 0.456. The molecule has 10 nitrogen and oxygen atoms in total. The van der Waals surface area contributed by atoms with Crippen molar-refractivity contribution in [3.8, 4) is 0 Å². The molecular weight excluding hydrogens is 316 g/mol. The zero-order chi connectivity index (χ0) is 13.5. The van der Waals surface area contributed by atoms with Crippen LogP contribution in [0.1, 0.15) is 0 Å². The van der Waals surface area contributed by atoms with Crippen molar-refractivity contribution < 1.29 is 70.6 Å². The number of hydrogen-bond donors (Lipinski definition) is 5. The molecule has 0 spiro atoms. The number of aliphatic hydroxyl groups excluding tert-OH is 5. The standard InChI is InChI=1S/5CHO2.Mo/c5*2-1-3;/h5*(H,2,3);/q5*-1;+5. The Kier molecular flexibility index (Phi) is 472. The monoisotopic (exact) mass is 323 g/mol. The van der Waals surface area contributed by atoms with E-state index in [1.54, 1.807) is 0 Å². The molecule has 0 aliphatic heterocycles. The Bertz CT molecular complexity index is 91.5. The van der Waals surface area contributed by atoms with E-state index in [2.05, 4.69) is 0 Å². The summed E-state index contributed by atoms with van der Waals surface area (Å²) in [5.74, 6) is 0. The van der Waals surface area contributed by atoms with Crippen molar-refractivity contribution in [1.29, 1.82) is 0 Å². The van der Waals surface area contributed by atoms with E-state index in [4.69, 9.17) is 49.5 Å². The maximum absolute atomic E-state index is 8.24. The Morgan fingerprint density at radius 3 is 0.438 bits per heavy atom. The Hall–Kier alpha value is -1.96. The molecule has 0 unspecified atom stereocenters. The third kappa shape index (κ3) is 381. The molecule has 0 saturated heterocycles. The topological polar surface area (TPSA) is 186 Å². The van der Waals surface area contributed by atoms with Crippen LogP contribution in [0.25, 0.3) is 0 Å². The molecule has 0 aliphatic carbocycles. The van der Waals surface area contributed by atoms with Gasteiger partial charge >= 0.3 is 21.1 Å². The van der Waals surface area contributed by atoms with Gasteiger partial charge in [0.1, 0.15) is 0 Å². The molecule has 91 valence electrons. The minimum absolute atomic E-state index is 0. The summed E-state index contributed by atoms with van der Waals surface area (Å²) in [6.07, 6.45) is 0. The van der Waals surface area contributed by atoms with Gasteiger partial charge in [-0.3, -0.25) is 0 Å². The van der Waals surface area contributed by atoms with Crippen LogP contribution in [0.5, 0.6) is 0 Å². The first kappa shape index (κ1) is 36.9. The minimum Gasteiger partial charge on any atom is -0.665 e. The van der Waals surface area contributed by atoms with E-state index in [1.807, 2.05) is 0 Å². The first-order chi connectivity index (χ1) is 7.07. The third-order valence-corrected chi connectivity index (χ3v) is 0. The largest absolute Gasteiger partial charge is 5.00 e. The molecule has 0 aromatic rings. The van der Waals surface area contributed by atoms with E-state index < -0.39 is 0 Å². The molecule has 0 saturated carbocycles. The first-order valence-corrected chi connectivity index (χ1v) is 2.14. The summed E-state index contributed by atoms with van der Waals surface area (Å²) >= 11 is 0. The van der Waals surface area contributed by atoms with E-state index in [9.17, 15) is 0 Å². The molecule has 16 heavy (non-hydrogen) atoms. The fourth-order valence-corrected chi connectivity index (χ4v) is 0. The van der Waals surface area contributed by atoms with Crippen molar-refractivity contribution in [3.63, 3.8) is 0 Å². The van der Waals surface area contributed by atoms with Crippen molar-refractivity contribution in [3.05, 3.63) is 0 Å². The van der Waals surface area contributed by atoms with Crippen molar-refractivity contribution in [1.82, 2.24) is 0 Å². The summed E-state index contributed by atoms with van der Waals surface area (Å²) in [6.45, 7) is 2.50. The Labute approximate surface area is 103 Å². The molecule has 0 aliphatic rings. The van der Waals surface area contributed by atoms with Crippen LogP contribution in [0.3, 0.4) is 0 Å². The van der Waals surface area contributed by atoms with E-state index in [-0.39, 0.29) is 21.1 Å². The molecule has 1 radical (unpaired) electrons. The van der Waals surface area contributed by atoms with Crippen LogP contribution in [0.15, 0.2) is 0 Å². The molecule has 0 atom stereocenters. The number of rotatable bonds is 0. The van der Waals surface area contributed by atoms with Crippen LogP contribution < -0.4 is 0 Å². The van der Waals surface area contributed by atoms with Crippen LogP contribution in [0, 0.1) is 0 Å². The molecule has 0 aromatic carbocycles. The van der Waals surface area contributed by atoms with Crippen molar-refractivity contribution >= 4 is 32.4 Å². The van der Waals surface area contributed by atoms with E-state index in [1.165, 1.54) is 0 Å². The van der Waals surface area contributed by atoms with Gasteiger partial charge in [-0.2, -0.15) is 0 Å². The van der Waals surface area contributed by atoms with Gasteiger partial charge in [0.25, 0.3) is 0 Å². The summed E-state index contributed by atoms with van der Waals surface area (Å²) in [6, 6.07) is 0. The van der Waals surface area contributed by atoms with Crippen molar-refractivity contribution in [2.45, 2.75) is 0 Å². The minimum atomic E-state index is 0. The SMILES string of the molecule is O=[C-]O.O=[C-]O.O=[C-]O.O=[C-]O.O=[C-]O.[Mo+5]. The van der Waals surface area contributed by atoms with Crippen molar-refractivity contribution in [2.24, 2.45) is 0 Å². The molecule has 5 N–H and O–H groups in total. The van der Waals surface area contributed by atoms with Gasteiger partial charge in [-0.15, -0.1) is 0 Å². The quantitative estimate of drug-likeness (QED) is 0.248. The van der Waals surface area contributed by atoms with Crippen LogP contribution in [-0.2, 0) is 45.0 Å². The Morgan fingerprint density at radius 2 is 0.438 bits per heavy atom. The maximum Gasteiger partial charge on any atom is 5.00 e. The first-order valence-electron chi connectivity index (χ1n) is 2.14. The van der Waals surface area contributed by atoms with Gasteiger partial charge in [-0.05, 0) is 0 Å². The zero-order valence-electron chi connectivity index (χ0n) is 7.19. The summed E-state index contributed by atoms with van der Waals surface area (Å²) in [7, 11) is 0. The maximum atomic E-state index is 8.24. The second-order valence-corrected chi connectivity index (χ2v) is 0.456. The molecule has 0 heterocycles. The molecular formula is C5H5MoO10. The van der Waals surface area contributed by atoms with Crippen LogP contribution >= 0.6 is 0 Å². The predicted octanol–water partition coefficient (Wildman–Crippen LogP) is -1.94. The molecule has 0 aromatic heterocycles. The summed E-state index contributed by atoms with van der Waals surface area (Å²) in [4.78, 5) is 41.2. The fraction of sp³-hybridized carbons (Fsp3) is 0. The van der Waals surface area contributed by atoms with Crippen LogP contribution in [0.4, 0.5) is 0 Å². The fourth-order valence-electron chi connectivity index (χ4n) is 0. The third-order valence-electron chi connectivity index (χ3n) is 0. The van der Waals surface area contributed by atoms with Crippen LogP contribution in [0.2, 0.25) is 0 Å². The molecule has 11 heteroatoms. The van der Waals surface area contributed by atoms with E-state index >= 15 is 0 Å². The molecule has 0 amide bonds. The molecule has 0 fully saturated rings. The Balaban J connectivity index is -0.0000000192. The average Bonchev–Trinajstić information content (AvgIpc) is 2.09. The normalized spacial score (nSPS) is 3.75. The van der Waals surface area contributed by atoms with Crippen molar-refractivity contribution in [2.75, 3.05) is 0 Å². The zero-order valence-corrected chi connectivity index (χ0v) is 9.19. The van der Waals surface area contributed by atoms with Gasteiger partial charge in [-0.1, -0.05) is 32.4 Å². The number of hydrogen-bond acceptors (Lipinski definition) is 5. The van der Waals surface area contributed by atoms with Gasteiger partial charge in [0.15, 0.2) is 0 Å². The average molecular weight is 321 g/mol. The Morgan fingerprint density at radius 1 is 0.438 bits per heavy atom. The second kappa shape index (κ2) is 205. The van der Waals surface area contributed by atoms with E-state index in [0.717, 1.165) is 0 Å². The van der Waals surface area contributed by atoms with Crippen LogP contribution in [-0.4, -0.2) is 57.9 Å².